The monoisotopic (exact) mass is 520 g/mol. The third-order valence-corrected chi connectivity index (χ3v) is 7.63. The van der Waals surface area contributed by atoms with Crippen LogP contribution in [0.2, 0.25) is 10.0 Å². The summed E-state index contributed by atoms with van der Waals surface area (Å²) in [6, 6.07) is 16.7. The normalized spacial score (nSPS) is 11.3. The third-order valence-electron chi connectivity index (χ3n) is 4.92. The van der Waals surface area contributed by atoms with Gasteiger partial charge < -0.3 is 10.1 Å². The van der Waals surface area contributed by atoms with Gasteiger partial charge >= 0.3 is 5.97 Å². The van der Waals surface area contributed by atoms with Gasteiger partial charge in [-0.15, -0.1) is 0 Å². The van der Waals surface area contributed by atoms with Gasteiger partial charge in [-0.2, -0.15) is 4.31 Å². The van der Waals surface area contributed by atoms with Gasteiger partial charge in [-0.05, 0) is 42.5 Å². The highest BCUT2D eigenvalue weighted by Gasteiger charge is 2.24. The Bertz CT molecular complexity index is 1320. The third kappa shape index (κ3) is 5.77. The minimum atomic E-state index is -3.79. The van der Waals surface area contributed by atoms with Crippen molar-refractivity contribution in [3.05, 3.63) is 87.9 Å². The molecule has 0 atom stereocenters. The molecular formula is C24H22Cl2N2O5S. The number of sulfonamides is 1. The number of esters is 1. The zero-order chi connectivity index (χ0) is 24.9. The first kappa shape index (κ1) is 25.7. The minimum Gasteiger partial charge on any atom is -0.423 e. The molecule has 0 aliphatic rings. The van der Waals surface area contributed by atoms with Crippen LogP contribution in [0.5, 0.6) is 5.75 Å². The molecule has 1 N–H and O–H groups in total. The molecule has 0 aromatic heterocycles. The van der Waals surface area contributed by atoms with Crippen molar-refractivity contribution < 1.29 is 22.7 Å². The molecule has 0 aliphatic carbocycles. The molecule has 0 heterocycles. The molecule has 3 rings (SSSR count). The second kappa shape index (κ2) is 11.0. The highest BCUT2D eigenvalue weighted by atomic mass is 35.5. The number of amides is 1. The first-order valence-electron chi connectivity index (χ1n) is 10.3. The van der Waals surface area contributed by atoms with Gasteiger partial charge in [-0.3, -0.25) is 4.79 Å². The van der Waals surface area contributed by atoms with Gasteiger partial charge in [0.1, 0.15) is 5.75 Å². The van der Waals surface area contributed by atoms with Crippen molar-refractivity contribution in [1.82, 2.24) is 4.31 Å². The lowest BCUT2D eigenvalue weighted by atomic mass is 10.2. The summed E-state index contributed by atoms with van der Waals surface area (Å²) in [5, 5.41) is 3.04. The number of nitrogens with one attached hydrogen (secondary N) is 1. The SMILES string of the molecule is CCN(CC)S(=O)(=O)c1ccc(Cl)c(C(=O)Oc2cccc(NC(=O)c3ccccc3Cl)c2)c1. The molecule has 7 nitrogen and oxygen atoms in total. The average Bonchev–Trinajstić information content (AvgIpc) is 2.80. The molecule has 0 spiro atoms. The van der Waals surface area contributed by atoms with E-state index in [2.05, 4.69) is 5.32 Å². The number of benzene rings is 3. The molecule has 10 heteroatoms. The van der Waals surface area contributed by atoms with Crippen LogP contribution in [-0.4, -0.2) is 37.7 Å². The maximum Gasteiger partial charge on any atom is 0.345 e. The van der Waals surface area contributed by atoms with Crippen LogP contribution in [0, 0.1) is 0 Å². The van der Waals surface area contributed by atoms with E-state index < -0.39 is 21.9 Å². The summed E-state index contributed by atoms with van der Waals surface area (Å²) >= 11 is 12.2. The molecule has 0 unspecified atom stereocenters. The van der Waals surface area contributed by atoms with Crippen LogP contribution in [0.1, 0.15) is 34.6 Å². The predicted molar refractivity (Wildman–Crippen MR) is 132 cm³/mol. The first-order valence-corrected chi connectivity index (χ1v) is 12.5. The lowest BCUT2D eigenvalue weighted by Gasteiger charge is -2.19. The summed E-state index contributed by atoms with van der Waals surface area (Å²) in [5.41, 5.74) is 0.573. The van der Waals surface area contributed by atoms with Gasteiger partial charge in [0.25, 0.3) is 5.91 Å². The Labute approximate surface area is 208 Å². The second-order valence-corrected chi connectivity index (χ2v) is 9.83. The Balaban J connectivity index is 1.81. The molecule has 3 aromatic rings. The largest absolute Gasteiger partial charge is 0.423 e. The fourth-order valence-electron chi connectivity index (χ4n) is 3.18. The molecule has 3 aromatic carbocycles. The zero-order valence-electron chi connectivity index (χ0n) is 18.4. The van der Waals surface area contributed by atoms with Crippen molar-refractivity contribution in [3.63, 3.8) is 0 Å². The average molecular weight is 521 g/mol. The van der Waals surface area contributed by atoms with E-state index in [-0.39, 0.29) is 34.3 Å². The first-order chi connectivity index (χ1) is 16.2. The minimum absolute atomic E-state index is 0.0478. The molecule has 0 bridgehead atoms. The summed E-state index contributed by atoms with van der Waals surface area (Å²) in [7, 11) is -3.79. The van der Waals surface area contributed by atoms with Crippen molar-refractivity contribution in [1.29, 1.82) is 0 Å². The summed E-state index contributed by atoms with van der Waals surface area (Å²) in [6.45, 7) is 4.02. The summed E-state index contributed by atoms with van der Waals surface area (Å²) in [4.78, 5) is 25.2. The number of carbonyl (C=O) groups is 2. The van der Waals surface area contributed by atoms with E-state index in [0.29, 0.717) is 16.3 Å². The van der Waals surface area contributed by atoms with Gasteiger partial charge in [0, 0.05) is 24.8 Å². The zero-order valence-corrected chi connectivity index (χ0v) is 20.7. The van der Waals surface area contributed by atoms with Crippen LogP contribution in [-0.2, 0) is 10.0 Å². The number of rotatable bonds is 8. The summed E-state index contributed by atoms with van der Waals surface area (Å²) in [5.74, 6) is -1.13. The van der Waals surface area contributed by atoms with Gasteiger partial charge in [-0.1, -0.05) is 55.2 Å². The second-order valence-electron chi connectivity index (χ2n) is 7.08. The Morgan fingerprint density at radius 2 is 1.56 bits per heavy atom. The van der Waals surface area contributed by atoms with Crippen molar-refractivity contribution in [2.45, 2.75) is 18.7 Å². The number of anilines is 1. The van der Waals surface area contributed by atoms with Crippen LogP contribution >= 0.6 is 23.2 Å². The number of halogens is 2. The standard InChI is InChI=1S/C24H22Cl2N2O5S/c1-3-28(4-2)34(31,32)18-12-13-22(26)20(15-18)24(30)33-17-9-7-8-16(14-17)27-23(29)19-10-5-6-11-21(19)25/h5-15H,3-4H2,1-2H3,(H,27,29). The lowest BCUT2D eigenvalue weighted by molar-refractivity contribution is 0.0734. The van der Waals surface area contributed by atoms with E-state index in [9.17, 15) is 18.0 Å². The molecule has 34 heavy (non-hydrogen) atoms. The number of nitrogens with zero attached hydrogens (tertiary/aromatic N) is 1. The van der Waals surface area contributed by atoms with Gasteiger partial charge in [0.2, 0.25) is 10.0 Å². The van der Waals surface area contributed by atoms with Crippen molar-refractivity contribution >= 4 is 50.8 Å². The van der Waals surface area contributed by atoms with Gasteiger partial charge in [0.15, 0.2) is 0 Å². The molecule has 0 fully saturated rings. The van der Waals surface area contributed by atoms with Crippen LogP contribution in [0.25, 0.3) is 0 Å². The van der Waals surface area contributed by atoms with Crippen molar-refractivity contribution in [3.8, 4) is 5.75 Å². The van der Waals surface area contributed by atoms with E-state index >= 15 is 0 Å². The highest BCUT2D eigenvalue weighted by Crippen LogP contribution is 2.26. The number of hydrogen-bond acceptors (Lipinski definition) is 5. The maximum absolute atomic E-state index is 12.8. The highest BCUT2D eigenvalue weighted by molar-refractivity contribution is 7.89. The van der Waals surface area contributed by atoms with E-state index in [1.807, 2.05) is 0 Å². The Hall–Kier alpha value is -2.91. The number of hydrogen-bond donors (Lipinski definition) is 1. The Kier molecular flexibility index (Phi) is 8.33. The maximum atomic E-state index is 12.8. The molecule has 178 valence electrons. The Morgan fingerprint density at radius 1 is 0.882 bits per heavy atom. The van der Waals surface area contributed by atoms with Crippen molar-refractivity contribution in [2.75, 3.05) is 18.4 Å². The molecule has 0 saturated carbocycles. The molecule has 0 radical (unpaired) electrons. The van der Waals surface area contributed by atoms with E-state index in [0.717, 1.165) is 0 Å². The summed E-state index contributed by atoms with van der Waals surface area (Å²) < 4.78 is 32.3. The van der Waals surface area contributed by atoms with Crippen LogP contribution in [0.3, 0.4) is 0 Å². The van der Waals surface area contributed by atoms with Crippen molar-refractivity contribution in [2.24, 2.45) is 0 Å². The predicted octanol–water partition coefficient (Wildman–Crippen LogP) is 5.50. The van der Waals surface area contributed by atoms with Gasteiger partial charge in [0.05, 0.1) is 26.1 Å². The van der Waals surface area contributed by atoms with E-state index in [1.165, 1.54) is 34.6 Å². The smallest absolute Gasteiger partial charge is 0.345 e. The summed E-state index contributed by atoms with van der Waals surface area (Å²) in [6.07, 6.45) is 0. The van der Waals surface area contributed by atoms with E-state index in [4.69, 9.17) is 27.9 Å². The quantitative estimate of drug-likeness (QED) is 0.312. The lowest BCUT2D eigenvalue weighted by Crippen LogP contribution is -2.30. The van der Waals surface area contributed by atoms with Gasteiger partial charge in [-0.25, -0.2) is 13.2 Å². The van der Waals surface area contributed by atoms with E-state index in [1.54, 1.807) is 50.2 Å². The fourth-order valence-corrected chi connectivity index (χ4v) is 5.08. The topological polar surface area (TPSA) is 92.8 Å². The molecule has 0 saturated heterocycles. The van der Waals surface area contributed by atoms with Crippen LogP contribution in [0.4, 0.5) is 5.69 Å². The molecule has 0 aliphatic heterocycles. The molecular weight excluding hydrogens is 499 g/mol. The number of carbonyl (C=O) groups excluding carboxylic acids is 2. The van der Waals surface area contributed by atoms with Crippen LogP contribution < -0.4 is 10.1 Å². The Morgan fingerprint density at radius 3 is 2.24 bits per heavy atom. The fraction of sp³-hybridized carbons (Fsp3) is 0.167. The number of ether oxygens (including phenoxy) is 1. The molecule has 1 amide bonds. The van der Waals surface area contributed by atoms with Crippen LogP contribution in [0.15, 0.2) is 71.6 Å².